The molecule has 0 bridgehead atoms. The highest BCUT2D eigenvalue weighted by molar-refractivity contribution is 7.11. The summed E-state index contributed by atoms with van der Waals surface area (Å²) in [6, 6.07) is 2.61. The lowest BCUT2D eigenvalue weighted by Crippen LogP contribution is -2.46. The summed E-state index contributed by atoms with van der Waals surface area (Å²) in [7, 11) is 2.01. The van der Waals surface area contributed by atoms with Gasteiger partial charge in [0.2, 0.25) is 0 Å². The van der Waals surface area contributed by atoms with Crippen LogP contribution in [0.1, 0.15) is 43.5 Å². The van der Waals surface area contributed by atoms with E-state index >= 15 is 0 Å². The Bertz CT molecular complexity index is 639. The summed E-state index contributed by atoms with van der Waals surface area (Å²) >= 11 is 1.83. The topological polar surface area (TPSA) is 46.0 Å². The first-order valence-corrected chi connectivity index (χ1v) is 9.16. The zero-order valence-electron chi connectivity index (χ0n) is 14.5. The first-order valence-electron chi connectivity index (χ1n) is 8.35. The predicted molar refractivity (Wildman–Crippen MR) is 96.1 cm³/mol. The van der Waals surface area contributed by atoms with E-state index in [-0.39, 0.29) is 5.41 Å². The molecule has 1 N–H and O–H groups in total. The normalized spacial score (nSPS) is 19.3. The van der Waals surface area contributed by atoms with Crippen LogP contribution >= 0.6 is 11.3 Å². The van der Waals surface area contributed by atoms with Crippen molar-refractivity contribution in [2.45, 2.75) is 51.6 Å². The van der Waals surface area contributed by atoms with Gasteiger partial charge in [-0.05, 0) is 18.3 Å². The molecule has 1 saturated heterocycles. The molecule has 1 aliphatic rings. The van der Waals surface area contributed by atoms with Gasteiger partial charge in [0.05, 0.1) is 6.20 Å². The smallest absolute Gasteiger partial charge is 0.126 e. The van der Waals surface area contributed by atoms with Gasteiger partial charge in [0.25, 0.3) is 0 Å². The van der Waals surface area contributed by atoms with Gasteiger partial charge in [-0.2, -0.15) is 5.10 Å². The molecule has 6 heteroatoms. The zero-order chi connectivity index (χ0) is 16.4. The maximum Gasteiger partial charge on any atom is 0.126 e. The van der Waals surface area contributed by atoms with E-state index in [1.165, 1.54) is 28.5 Å². The summed E-state index contributed by atoms with van der Waals surface area (Å²) in [6.07, 6.45) is 6.35. The molecular weight excluding hydrogens is 306 g/mol. The molecule has 1 aliphatic heterocycles. The Morgan fingerprint density at radius 2 is 2.22 bits per heavy atom. The quantitative estimate of drug-likeness (QED) is 0.934. The lowest BCUT2D eigenvalue weighted by Gasteiger charge is -2.34. The van der Waals surface area contributed by atoms with Crippen LogP contribution in [0.4, 0.5) is 5.82 Å². The van der Waals surface area contributed by atoms with Gasteiger partial charge in [-0.1, -0.05) is 20.8 Å². The minimum Gasteiger partial charge on any atom is -0.355 e. The molecule has 0 spiro atoms. The highest BCUT2D eigenvalue weighted by Gasteiger charge is 2.22. The first-order chi connectivity index (χ1) is 10.9. The summed E-state index contributed by atoms with van der Waals surface area (Å²) in [6.45, 7) is 9.74. The Hall–Kier alpha value is -1.40. The van der Waals surface area contributed by atoms with Crippen LogP contribution in [-0.4, -0.2) is 33.9 Å². The number of hydrogen-bond donors (Lipinski definition) is 1. The van der Waals surface area contributed by atoms with Gasteiger partial charge in [0, 0.05) is 49.9 Å². The minimum absolute atomic E-state index is 0.192. The maximum atomic E-state index is 4.58. The van der Waals surface area contributed by atoms with Gasteiger partial charge >= 0.3 is 0 Å². The summed E-state index contributed by atoms with van der Waals surface area (Å²) in [5, 5.41) is 9.16. The molecule has 2 aromatic heterocycles. The Kier molecular flexibility index (Phi) is 4.73. The van der Waals surface area contributed by atoms with E-state index in [1.807, 2.05) is 35.5 Å². The Labute approximate surface area is 142 Å². The SMILES string of the molecule is Cn1nccc1N1CCCC(NCc2ncc(C(C)(C)C)s2)C1. The van der Waals surface area contributed by atoms with Gasteiger partial charge < -0.3 is 10.2 Å². The molecule has 3 heterocycles. The number of rotatable bonds is 4. The van der Waals surface area contributed by atoms with E-state index in [0.29, 0.717) is 6.04 Å². The van der Waals surface area contributed by atoms with E-state index in [9.17, 15) is 0 Å². The van der Waals surface area contributed by atoms with Gasteiger partial charge in [-0.25, -0.2) is 4.98 Å². The summed E-state index contributed by atoms with van der Waals surface area (Å²) in [5.74, 6) is 1.21. The summed E-state index contributed by atoms with van der Waals surface area (Å²) in [5.41, 5.74) is 0.192. The van der Waals surface area contributed by atoms with Gasteiger partial charge in [-0.15, -0.1) is 11.3 Å². The third-order valence-electron chi connectivity index (χ3n) is 4.38. The number of aromatic nitrogens is 3. The first kappa shape index (κ1) is 16.5. The number of nitrogens with one attached hydrogen (secondary N) is 1. The van der Waals surface area contributed by atoms with E-state index in [2.05, 4.69) is 47.1 Å². The lowest BCUT2D eigenvalue weighted by atomic mass is 9.96. The fraction of sp³-hybridized carbons (Fsp3) is 0.647. The van der Waals surface area contributed by atoms with Crippen LogP contribution in [-0.2, 0) is 19.0 Å². The number of piperidine rings is 1. The second-order valence-corrected chi connectivity index (χ2v) is 8.46. The monoisotopic (exact) mass is 333 g/mol. The highest BCUT2D eigenvalue weighted by atomic mass is 32.1. The lowest BCUT2D eigenvalue weighted by molar-refractivity contribution is 0.417. The average molecular weight is 334 g/mol. The van der Waals surface area contributed by atoms with Gasteiger partial charge in [-0.3, -0.25) is 4.68 Å². The largest absolute Gasteiger partial charge is 0.355 e. The number of anilines is 1. The van der Waals surface area contributed by atoms with Crippen molar-refractivity contribution in [2.75, 3.05) is 18.0 Å². The van der Waals surface area contributed by atoms with Crippen LogP contribution < -0.4 is 10.2 Å². The van der Waals surface area contributed by atoms with Crippen LogP contribution in [0, 0.1) is 0 Å². The van der Waals surface area contributed by atoms with Crippen LogP contribution in [0.2, 0.25) is 0 Å². The molecular formula is C17H27N5S. The van der Waals surface area contributed by atoms with E-state index in [4.69, 9.17) is 0 Å². The Balaban J connectivity index is 1.56. The van der Waals surface area contributed by atoms with E-state index in [1.54, 1.807) is 0 Å². The van der Waals surface area contributed by atoms with Crippen molar-refractivity contribution in [3.63, 3.8) is 0 Å². The second kappa shape index (κ2) is 6.61. The summed E-state index contributed by atoms with van der Waals surface area (Å²) < 4.78 is 1.96. The second-order valence-electron chi connectivity index (χ2n) is 7.35. The van der Waals surface area contributed by atoms with Gasteiger partial charge in [0.1, 0.15) is 10.8 Å². The molecule has 1 unspecified atom stereocenters. The number of nitrogens with zero attached hydrogens (tertiary/aromatic N) is 4. The van der Waals surface area contributed by atoms with E-state index < -0.39 is 0 Å². The van der Waals surface area contributed by atoms with Crippen molar-refractivity contribution in [1.29, 1.82) is 0 Å². The molecule has 0 radical (unpaired) electrons. The van der Waals surface area contributed by atoms with Crippen molar-refractivity contribution >= 4 is 17.2 Å². The maximum absolute atomic E-state index is 4.58. The third-order valence-corrected chi connectivity index (χ3v) is 5.80. The fourth-order valence-electron chi connectivity index (χ4n) is 3.00. The van der Waals surface area contributed by atoms with E-state index in [0.717, 1.165) is 19.6 Å². The molecule has 3 rings (SSSR count). The third kappa shape index (κ3) is 3.93. The number of hydrogen-bond acceptors (Lipinski definition) is 5. The minimum atomic E-state index is 0.192. The molecule has 0 amide bonds. The number of thiazole rings is 1. The molecule has 23 heavy (non-hydrogen) atoms. The number of aryl methyl sites for hydroxylation is 1. The average Bonchev–Trinajstić information content (AvgIpc) is 3.14. The van der Waals surface area contributed by atoms with Crippen molar-refractivity contribution in [3.8, 4) is 0 Å². The standard InChI is InChI=1S/C17H27N5S/c1-17(2,3)14-10-19-15(23-14)11-18-13-6-5-9-22(12-13)16-7-8-20-21(16)4/h7-8,10,13,18H,5-6,9,11-12H2,1-4H3. The van der Waals surface area contributed by atoms with Crippen LogP contribution in [0.15, 0.2) is 18.5 Å². The molecule has 5 nitrogen and oxygen atoms in total. The van der Waals surface area contributed by atoms with Gasteiger partial charge in [0.15, 0.2) is 0 Å². The molecule has 2 aromatic rings. The van der Waals surface area contributed by atoms with Crippen LogP contribution in [0.3, 0.4) is 0 Å². The molecule has 1 fully saturated rings. The van der Waals surface area contributed by atoms with Crippen molar-refractivity contribution in [1.82, 2.24) is 20.1 Å². The van der Waals surface area contributed by atoms with Crippen LogP contribution in [0.25, 0.3) is 0 Å². The van der Waals surface area contributed by atoms with Crippen molar-refractivity contribution < 1.29 is 0 Å². The Morgan fingerprint density at radius 3 is 2.87 bits per heavy atom. The zero-order valence-corrected chi connectivity index (χ0v) is 15.4. The molecule has 126 valence electrons. The molecule has 0 aliphatic carbocycles. The Morgan fingerprint density at radius 1 is 1.39 bits per heavy atom. The molecule has 0 saturated carbocycles. The molecule has 0 aromatic carbocycles. The van der Waals surface area contributed by atoms with Crippen molar-refractivity contribution in [2.24, 2.45) is 7.05 Å². The fourth-order valence-corrected chi connectivity index (χ4v) is 3.93. The van der Waals surface area contributed by atoms with Crippen LogP contribution in [0.5, 0.6) is 0 Å². The predicted octanol–water partition coefficient (Wildman–Crippen LogP) is 2.93. The highest BCUT2D eigenvalue weighted by Crippen LogP contribution is 2.27. The van der Waals surface area contributed by atoms with Crippen molar-refractivity contribution in [3.05, 3.63) is 28.3 Å². The summed E-state index contributed by atoms with van der Waals surface area (Å²) in [4.78, 5) is 8.36. The molecule has 1 atom stereocenters.